The summed E-state index contributed by atoms with van der Waals surface area (Å²) in [6.45, 7) is 0.798. The van der Waals surface area contributed by atoms with Crippen molar-refractivity contribution < 1.29 is 27.8 Å². The van der Waals surface area contributed by atoms with E-state index < -0.39 is 17.6 Å². The molecule has 1 aliphatic rings. The summed E-state index contributed by atoms with van der Waals surface area (Å²) in [5.74, 6) is -1.02. The zero-order valence-electron chi connectivity index (χ0n) is 16.9. The molecule has 0 spiro atoms. The van der Waals surface area contributed by atoms with Crippen LogP contribution >= 0.6 is 0 Å². The van der Waals surface area contributed by atoms with E-state index in [1.807, 2.05) is 18.2 Å². The number of hydrogen-bond donors (Lipinski definition) is 1. The van der Waals surface area contributed by atoms with E-state index in [0.29, 0.717) is 36.6 Å². The molecule has 1 atom stereocenters. The van der Waals surface area contributed by atoms with Gasteiger partial charge in [-0.25, -0.2) is 8.78 Å². The fraction of sp³-hybridized carbons (Fsp3) is 0.364. The molecule has 160 valence electrons. The van der Waals surface area contributed by atoms with Crippen molar-refractivity contribution >= 4 is 11.8 Å². The van der Waals surface area contributed by atoms with Gasteiger partial charge < -0.3 is 19.7 Å². The van der Waals surface area contributed by atoms with Gasteiger partial charge in [0.25, 0.3) is 0 Å². The Hall–Kier alpha value is -3.16. The number of carbonyl (C=O) groups is 2. The van der Waals surface area contributed by atoms with Crippen LogP contribution in [-0.4, -0.2) is 44.0 Å². The quantitative estimate of drug-likeness (QED) is 0.716. The van der Waals surface area contributed by atoms with Crippen molar-refractivity contribution in [1.82, 2.24) is 10.2 Å². The third-order valence-corrected chi connectivity index (χ3v) is 5.09. The third kappa shape index (κ3) is 5.25. The topological polar surface area (TPSA) is 67.9 Å². The highest BCUT2D eigenvalue weighted by Gasteiger charge is 2.33. The number of ether oxygens (including phenoxy) is 2. The highest BCUT2D eigenvalue weighted by atomic mass is 19.1. The minimum absolute atomic E-state index is 0.00382. The summed E-state index contributed by atoms with van der Waals surface area (Å²) in [6.07, 6.45) is 0.734. The average Bonchev–Trinajstić information content (AvgIpc) is 3.10. The molecule has 2 aromatic rings. The molecule has 0 unspecified atom stereocenters. The van der Waals surface area contributed by atoms with Crippen molar-refractivity contribution in [2.24, 2.45) is 5.92 Å². The molecule has 0 bridgehead atoms. The van der Waals surface area contributed by atoms with Gasteiger partial charge in [-0.15, -0.1) is 0 Å². The molecule has 30 heavy (non-hydrogen) atoms. The van der Waals surface area contributed by atoms with Crippen LogP contribution in [0.15, 0.2) is 36.4 Å². The first-order valence-corrected chi connectivity index (χ1v) is 9.61. The molecule has 2 amide bonds. The number of likely N-dealkylation sites (tertiary alicyclic amines) is 1. The molecule has 0 radical (unpaired) electrons. The van der Waals surface area contributed by atoms with Gasteiger partial charge in [0, 0.05) is 32.1 Å². The van der Waals surface area contributed by atoms with Gasteiger partial charge >= 0.3 is 0 Å². The van der Waals surface area contributed by atoms with Crippen LogP contribution in [0.4, 0.5) is 8.78 Å². The molecule has 6 nitrogen and oxygen atoms in total. The smallest absolute Gasteiger partial charge is 0.225 e. The number of rotatable bonds is 8. The second kappa shape index (κ2) is 9.56. The highest BCUT2D eigenvalue weighted by molar-refractivity contribution is 5.89. The lowest BCUT2D eigenvalue weighted by Gasteiger charge is -2.17. The van der Waals surface area contributed by atoms with Crippen molar-refractivity contribution in [1.29, 1.82) is 0 Å². The zero-order chi connectivity index (χ0) is 21.7. The molecule has 1 heterocycles. The van der Waals surface area contributed by atoms with E-state index in [1.165, 1.54) is 12.1 Å². The van der Waals surface area contributed by atoms with Gasteiger partial charge in [-0.3, -0.25) is 9.59 Å². The van der Waals surface area contributed by atoms with E-state index in [-0.39, 0.29) is 24.8 Å². The fourth-order valence-corrected chi connectivity index (χ4v) is 3.51. The van der Waals surface area contributed by atoms with Crippen LogP contribution in [0.2, 0.25) is 0 Å². The summed E-state index contributed by atoms with van der Waals surface area (Å²) in [6, 6.07) is 8.69. The number of carbonyl (C=O) groups excluding carboxylic acids is 2. The van der Waals surface area contributed by atoms with Crippen LogP contribution < -0.4 is 14.8 Å². The van der Waals surface area contributed by atoms with Crippen molar-refractivity contribution in [3.63, 3.8) is 0 Å². The highest BCUT2D eigenvalue weighted by Crippen LogP contribution is 2.28. The van der Waals surface area contributed by atoms with E-state index in [0.717, 1.165) is 11.6 Å². The second-order valence-electron chi connectivity index (χ2n) is 7.18. The lowest BCUT2D eigenvalue weighted by molar-refractivity contribution is -0.129. The Morgan fingerprint density at radius 3 is 2.43 bits per heavy atom. The molecule has 8 heteroatoms. The van der Waals surface area contributed by atoms with E-state index in [9.17, 15) is 18.4 Å². The molecule has 1 saturated heterocycles. The van der Waals surface area contributed by atoms with Crippen LogP contribution in [0.1, 0.15) is 17.5 Å². The van der Waals surface area contributed by atoms with Crippen molar-refractivity contribution in [2.45, 2.75) is 19.4 Å². The van der Waals surface area contributed by atoms with Crippen LogP contribution in [0.3, 0.4) is 0 Å². The Labute approximate surface area is 173 Å². The first-order chi connectivity index (χ1) is 14.4. The Balaban J connectivity index is 1.52. The number of methoxy groups -OCH3 is 2. The molecule has 1 N–H and O–H groups in total. The predicted octanol–water partition coefficient (Wildman–Crippen LogP) is 2.69. The third-order valence-electron chi connectivity index (χ3n) is 5.09. The minimum Gasteiger partial charge on any atom is -0.493 e. The number of nitrogens with one attached hydrogen (secondary N) is 1. The molecule has 0 saturated carbocycles. The number of hydrogen-bond acceptors (Lipinski definition) is 4. The number of benzene rings is 2. The summed E-state index contributed by atoms with van der Waals surface area (Å²) in [5, 5.41) is 2.66. The first-order valence-electron chi connectivity index (χ1n) is 9.61. The number of nitrogens with zero attached hydrogens (tertiary/aromatic N) is 1. The molecule has 0 aromatic heterocycles. The lowest BCUT2D eigenvalue weighted by atomic mass is 10.1. The fourth-order valence-electron chi connectivity index (χ4n) is 3.51. The number of amides is 2. The Morgan fingerprint density at radius 2 is 1.77 bits per heavy atom. The number of halogens is 2. The summed E-state index contributed by atoms with van der Waals surface area (Å²) in [7, 11) is 3.13. The Bertz CT molecular complexity index is 915. The Kier molecular flexibility index (Phi) is 6.87. The SMILES string of the molecule is COc1ccc(CCN2C[C@H](C(=O)NCc3cc(F)cc(F)c3)CC2=O)cc1OC. The van der Waals surface area contributed by atoms with Gasteiger partial charge in [0.2, 0.25) is 11.8 Å². The molecule has 3 rings (SSSR count). The van der Waals surface area contributed by atoms with Crippen molar-refractivity contribution in [2.75, 3.05) is 27.3 Å². The Morgan fingerprint density at radius 1 is 1.07 bits per heavy atom. The maximum absolute atomic E-state index is 13.3. The standard InChI is InChI=1S/C22H24F2N2O4/c1-29-19-4-3-14(9-20(19)30-2)5-6-26-13-16(10-21(26)27)22(28)25-12-15-7-17(23)11-18(24)8-15/h3-4,7-9,11,16H,5-6,10,12-13H2,1-2H3,(H,25,28)/t16-/m1/s1. The second-order valence-corrected chi connectivity index (χ2v) is 7.18. The van der Waals surface area contributed by atoms with Crippen LogP contribution in [0, 0.1) is 17.6 Å². The van der Waals surface area contributed by atoms with Crippen LogP contribution in [0.25, 0.3) is 0 Å². The average molecular weight is 418 g/mol. The maximum atomic E-state index is 13.3. The van der Waals surface area contributed by atoms with Crippen molar-refractivity contribution in [3.05, 3.63) is 59.2 Å². The first kappa shape index (κ1) is 21.5. The van der Waals surface area contributed by atoms with Crippen LogP contribution in [0.5, 0.6) is 11.5 Å². The summed E-state index contributed by atoms with van der Waals surface area (Å²) in [5.41, 5.74) is 1.32. The van der Waals surface area contributed by atoms with Gasteiger partial charge in [-0.2, -0.15) is 0 Å². The molecular formula is C22H24F2N2O4. The summed E-state index contributed by atoms with van der Waals surface area (Å²) < 4.78 is 37.0. The van der Waals surface area contributed by atoms with Gasteiger partial charge in [0.1, 0.15) is 11.6 Å². The van der Waals surface area contributed by atoms with Crippen molar-refractivity contribution in [3.8, 4) is 11.5 Å². The zero-order valence-corrected chi connectivity index (χ0v) is 16.9. The summed E-state index contributed by atoms with van der Waals surface area (Å²) in [4.78, 5) is 26.4. The van der Waals surface area contributed by atoms with Gasteiger partial charge in [0.05, 0.1) is 20.1 Å². The lowest BCUT2D eigenvalue weighted by Crippen LogP contribution is -2.33. The minimum atomic E-state index is -0.698. The largest absolute Gasteiger partial charge is 0.493 e. The molecular weight excluding hydrogens is 394 g/mol. The monoisotopic (exact) mass is 418 g/mol. The van der Waals surface area contributed by atoms with Gasteiger partial charge in [-0.05, 0) is 41.8 Å². The molecule has 2 aromatic carbocycles. The van der Waals surface area contributed by atoms with E-state index in [1.54, 1.807) is 19.1 Å². The molecule has 1 fully saturated rings. The maximum Gasteiger partial charge on any atom is 0.225 e. The van der Waals surface area contributed by atoms with Gasteiger partial charge in [0.15, 0.2) is 11.5 Å². The van der Waals surface area contributed by atoms with Crippen LogP contribution in [-0.2, 0) is 22.6 Å². The predicted molar refractivity (Wildman–Crippen MR) is 106 cm³/mol. The molecule has 1 aliphatic heterocycles. The normalized spacial score (nSPS) is 15.9. The molecule has 0 aliphatic carbocycles. The van der Waals surface area contributed by atoms with E-state index >= 15 is 0 Å². The van der Waals surface area contributed by atoms with E-state index in [4.69, 9.17) is 9.47 Å². The van der Waals surface area contributed by atoms with E-state index in [2.05, 4.69) is 5.32 Å². The van der Waals surface area contributed by atoms with Gasteiger partial charge in [-0.1, -0.05) is 6.07 Å². The summed E-state index contributed by atoms with van der Waals surface area (Å²) >= 11 is 0.